The number of carboxylic acid groups (broad SMARTS) is 1. The maximum absolute atomic E-state index is 11.5. The molecule has 2 fully saturated rings. The number of carbonyl (C=O) groups is 3. The fraction of sp³-hybridized carbons (Fsp3) is 0.700. The van der Waals surface area contributed by atoms with Crippen molar-refractivity contribution in [1.29, 1.82) is 0 Å². The molecule has 0 unspecified atom stereocenters. The minimum absolute atomic E-state index is 0.0990. The molecule has 1 N–H and O–H groups in total. The lowest BCUT2D eigenvalue weighted by Gasteiger charge is -2.34. The van der Waals surface area contributed by atoms with Gasteiger partial charge in [0.1, 0.15) is 0 Å². The number of hydrogen-bond acceptors (Lipinski definition) is 3. The second kappa shape index (κ2) is 4.11. The normalized spacial score (nSPS) is 23.0. The van der Waals surface area contributed by atoms with Gasteiger partial charge in [-0.25, -0.2) is 4.79 Å². The van der Waals surface area contributed by atoms with Crippen LogP contribution >= 0.6 is 0 Å². The SMILES string of the molecule is O=C(O)N1CCC(N2C(=O)CCC2=O)CC1. The Morgan fingerprint density at radius 2 is 1.62 bits per heavy atom. The number of carbonyl (C=O) groups excluding carboxylic acids is 2. The maximum Gasteiger partial charge on any atom is 0.407 e. The number of rotatable bonds is 1. The van der Waals surface area contributed by atoms with Crippen molar-refractivity contribution in [1.82, 2.24) is 9.80 Å². The van der Waals surface area contributed by atoms with Gasteiger partial charge in [0.15, 0.2) is 0 Å². The van der Waals surface area contributed by atoms with Gasteiger partial charge >= 0.3 is 6.09 Å². The first-order valence-corrected chi connectivity index (χ1v) is 5.42. The minimum Gasteiger partial charge on any atom is -0.465 e. The zero-order chi connectivity index (χ0) is 11.7. The van der Waals surface area contributed by atoms with E-state index in [1.54, 1.807) is 0 Å². The summed E-state index contributed by atoms with van der Waals surface area (Å²) in [7, 11) is 0. The summed E-state index contributed by atoms with van der Waals surface area (Å²) in [6, 6.07) is -0.0990. The molecule has 0 aromatic heterocycles. The quantitative estimate of drug-likeness (QED) is 0.651. The van der Waals surface area contributed by atoms with E-state index < -0.39 is 6.09 Å². The summed E-state index contributed by atoms with van der Waals surface area (Å²) < 4.78 is 0. The number of amides is 3. The maximum atomic E-state index is 11.5. The van der Waals surface area contributed by atoms with Gasteiger partial charge in [-0.3, -0.25) is 14.5 Å². The summed E-state index contributed by atoms with van der Waals surface area (Å²) in [5.41, 5.74) is 0. The molecular formula is C10H14N2O4. The van der Waals surface area contributed by atoms with Crippen molar-refractivity contribution in [3.05, 3.63) is 0 Å². The van der Waals surface area contributed by atoms with Crippen molar-refractivity contribution in [2.75, 3.05) is 13.1 Å². The molecule has 0 radical (unpaired) electrons. The van der Waals surface area contributed by atoms with Gasteiger partial charge in [-0.2, -0.15) is 0 Å². The summed E-state index contributed by atoms with van der Waals surface area (Å²) >= 11 is 0. The first-order valence-electron chi connectivity index (χ1n) is 5.42. The number of nitrogens with zero attached hydrogens (tertiary/aromatic N) is 2. The number of imide groups is 1. The van der Waals surface area contributed by atoms with Crippen LogP contribution in [0.5, 0.6) is 0 Å². The lowest BCUT2D eigenvalue weighted by Crippen LogP contribution is -2.48. The molecule has 3 amide bonds. The lowest BCUT2D eigenvalue weighted by atomic mass is 10.0. The topological polar surface area (TPSA) is 77.9 Å². The molecule has 0 bridgehead atoms. The second-order valence-electron chi connectivity index (χ2n) is 4.16. The van der Waals surface area contributed by atoms with Crippen LogP contribution in [-0.2, 0) is 9.59 Å². The molecule has 0 atom stereocenters. The summed E-state index contributed by atoms with van der Waals surface area (Å²) in [6.45, 7) is 0.800. The van der Waals surface area contributed by atoms with Gasteiger partial charge < -0.3 is 10.0 Å². The molecule has 2 saturated heterocycles. The lowest BCUT2D eigenvalue weighted by molar-refractivity contribution is -0.141. The van der Waals surface area contributed by atoms with Crippen LogP contribution < -0.4 is 0 Å². The third-order valence-electron chi connectivity index (χ3n) is 3.19. The van der Waals surface area contributed by atoms with Gasteiger partial charge in [0, 0.05) is 32.0 Å². The molecule has 0 spiro atoms. The van der Waals surface area contributed by atoms with Crippen LogP contribution in [-0.4, -0.2) is 51.9 Å². The Hall–Kier alpha value is -1.59. The molecule has 0 aromatic carbocycles. The fourth-order valence-corrected chi connectivity index (χ4v) is 2.32. The van der Waals surface area contributed by atoms with E-state index in [2.05, 4.69) is 0 Å². The molecule has 0 aromatic rings. The van der Waals surface area contributed by atoms with Crippen LogP contribution in [0.3, 0.4) is 0 Å². The Morgan fingerprint density at radius 3 is 2.06 bits per heavy atom. The highest BCUT2D eigenvalue weighted by Gasteiger charge is 2.37. The smallest absolute Gasteiger partial charge is 0.407 e. The van der Waals surface area contributed by atoms with Crippen LogP contribution in [0.25, 0.3) is 0 Å². The largest absolute Gasteiger partial charge is 0.465 e. The van der Waals surface area contributed by atoms with Crippen LogP contribution in [0.4, 0.5) is 4.79 Å². The Morgan fingerprint density at radius 1 is 1.12 bits per heavy atom. The van der Waals surface area contributed by atoms with Crippen molar-refractivity contribution < 1.29 is 19.5 Å². The van der Waals surface area contributed by atoms with Crippen LogP contribution in [0, 0.1) is 0 Å². The third-order valence-corrected chi connectivity index (χ3v) is 3.19. The van der Waals surface area contributed by atoms with Crippen LogP contribution in [0.15, 0.2) is 0 Å². The molecule has 6 nitrogen and oxygen atoms in total. The van der Waals surface area contributed by atoms with Crippen molar-refractivity contribution in [2.45, 2.75) is 31.7 Å². The van der Waals surface area contributed by atoms with Crippen molar-refractivity contribution in [3.8, 4) is 0 Å². The van der Waals surface area contributed by atoms with E-state index in [1.807, 2.05) is 0 Å². The van der Waals surface area contributed by atoms with E-state index in [0.717, 1.165) is 0 Å². The average Bonchev–Trinajstić information content (AvgIpc) is 2.59. The van der Waals surface area contributed by atoms with Crippen LogP contribution in [0.1, 0.15) is 25.7 Å². The Balaban J connectivity index is 1.96. The van der Waals surface area contributed by atoms with E-state index in [1.165, 1.54) is 9.80 Å². The highest BCUT2D eigenvalue weighted by Crippen LogP contribution is 2.22. The predicted molar refractivity (Wildman–Crippen MR) is 53.7 cm³/mol. The Bertz CT molecular complexity index is 318. The number of likely N-dealkylation sites (tertiary alicyclic amines) is 2. The summed E-state index contributed by atoms with van der Waals surface area (Å²) in [5.74, 6) is -0.224. The molecule has 2 rings (SSSR count). The van der Waals surface area contributed by atoms with E-state index >= 15 is 0 Å². The Kier molecular flexibility index (Phi) is 2.80. The summed E-state index contributed by atoms with van der Waals surface area (Å²) in [6.07, 6.45) is 0.793. The zero-order valence-corrected chi connectivity index (χ0v) is 8.89. The highest BCUT2D eigenvalue weighted by atomic mass is 16.4. The van der Waals surface area contributed by atoms with E-state index in [0.29, 0.717) is 38.8 Å². The van der Waals surface area contributed by atoms with E-state index in [4.69, 9.17) is 5.11 Å². The van der Waals surface area contributed by atoms with Gasteiger partial charge in [0.25, 0.3) is 0 Å². The van der Waals surface area contributed by atoms with Crippen molar-refractivity contribution in [2.24, 2.45) is 0 Å². The summed E-state index contributed by atoms with van der Waals surface area (Å²) in [5, 5.41) is 8.77. The molecule has 88 valence electrons. The van der Waals surface area contributed by atoms with Crippen molar-refractivity contribution >= 4 is 17.9 Å². The molecule has 0 saturated carbocycles. The fourth-order valence-electron chi connectivity index (χ4n) is 2.32. The van der Waals surface area contributed by atoms with Gasteiger partial charge in [-0.15, -0.1) is 0 Å². The highest BCUT2D eigenvalue weighted by molar-refractivity contribution is 6.02. The van der Waals surface area contributed by atoms with Gasteiger partial charge in [-0.1, -0.05) is 0 Å². The molecule has 2 aliphatic rings. The van der Waals surface area contributed by atoms with E-state index in [-0.39, 0.29) is 17.9 Å². The predicted octanol–water partition coefficient (Wildman–Crippen LogP) is 0.278. The molecule has 6 heteroatoms. The minimum atomic E-state index is -0.933. The summed E-state index contributed by atoms with van der Waals surface area (Å²) in [4.78, 5) is 36.3. The Labute approximate surface area is 92.8 Å². The zero-order valence-electron chi connectivity index (χ0n) is 8.89. The third kappa shape index (κ3) is 1.87. The van der Waals surface area contributed by atoms with Gasteiger partial charge in [-0.05, 0) is 12.8 Å². The molecular weight excluding hydrogens is 212 g/mol. The van der Waals surface area contributed by atoms with E-state index in [9.17, 15) is 14.4 Å². The second-order valence-corrected chi connectivity index (χ2v) is 4.16. The first kappa shape index (κ1) is 10.9. The molecule has 16 heavy (non-hydrogen) atoms. The first-order chi connectivity index (χ1) is 7.59. The standard InChI is InChI=1S/C10H14N2O4/c13-8-1-2-9(14)12(8)7-3-5-11(6-4-7)10(15)16/h7H,1-6H2,(H,15,16). The monoisotopic (exact) mass is 226 g/mol. The average molecular weight is 226 g/mol. The number of piperidine rings is 1. The molecule has 2 aliphatic heterocycles. The number of hydrogen-bond donors (Lipinski definition) is 1. The van der Waals surface area contributed by atoms with Gasteiger partial charge in [0.05, 0.1) is 0 Å². The molecule has 0 aliphatic carbocycles. The molecule has 2 heterocycles. The van der Waals surface area contributed by atoms with Crippen LogP contribution in [0.2, 0.25) is 0 Å². The van der Waals surface area contributed by atoms with Gasteiger partial charge in [0.2, 0.25) is 11.8 Å². The van der Waals surface area contributed by atoms with Crippen molar-refractivity contribution in [3.63, 3.8) is 0 Å².